The highest BCUT2D eigenvalue weighted by Crippen LogP contribution is 2.28. The number of rotatable bonds is 7. The number of methoxy groups -OCH3 is 1. The Labute approximate surface area is 192 Å². The van der Waals surface area contributed by atoms with E-state index in [1.54, 1.807) is 7.11 Å². The Kier molecular flexibility index (Phi) is 10.6. The molecule has 0 unspecified atom stereocenters. The van der Waals surface area contributed by atoms with Crippen LogP contribution in [-0.4, -0.2) is 63.5 Å². The molecular weight excluding hydrogens is 536 g/mol. The van der Waals surface area contributed by atoms with Crippen LogP contribution in [0.2, 0.25) is 0 Å². The van der Waals surface area contributed by atoms with Crippen LogP contribution in [0.25, 0.3) is 0 Å². The van der Waals surface area contributed by atoms with Crippen molar-refractivity contribution < 1.29 is 26.3 Å². The summed E-state index contributed by atoms with van der Waals surface area (Å²) in [6.45, 7) is 2.71. The van der Waals surface area contributed by atoms with Gasteiger partial charge in [-0.25, -0.2) is 8.42 Å². The Morgan fingerprint density at radius 1 is 1.30 bits per heavy atom. The van der Waals surface area contributed by atoms with Crippen molar-refractivity contribution in [1.82, 2.24) is 14.9 Å². The van der Waals surface area contributed by atoms with Gasteiger partial charge < -0.3 is 15.4 Å². The van der Waals surface area contributed by atoms with Crippen molar-refractivity contribution in [2.24, 2.45) is 4.99 Å². The number of guanidine groups is 1. The molecule has 0 amide bonds. The molecule has 1 aromatic carbocycles. The zero-order chi connectivity index (χ0) is 21.5. The molecule has 1 heterocycles. The molecular formula is C18H28F3IN4O3S. The van der Waals surface area contributed by atoms with Gasteiger partial charge in [0, 0.05) is 32.2 Å². The van der Waals surface area contributed by atoms with Gasteiger partial charge in [-0.05, 0) is 43.9 Å². The zero-order valence-electron chi connectivity index (χ0n) is 16.9. The summed E-state index contributed by atoms with van der Waals surface area (Å²) in [6, 6.07) is 7.54. The number of sulfonamides is 1. The van der Waals surface area contributed by atoms with Gasteiger partial charge in [0.15, 0.2) is 5.96 Å². The van der Waals surface area contributed by atoms with E-state index in [0.717, 1.165) is 11.3 Å². The SMILES string of the molecule is CCNC(=NCCc1cccc(OC)c1)NC1CCN(S(=O)(=O)C(F)(F)F)CC1.I. The summed E-state index contributed by atoms with van der Waals surface area (Å²) in [7, 11) is -3.66. The molecule has 30 heavy (non-hydrogen) atoms. The predicted octanol–water partition coefficient (Wildman–Crippen LogP) is 2.72. The number of ether oxygens (including phenoxy) is 1. The summed E-state index contributed by atoms with van der Waals surface area (Å²) in [5, 5.41) is 6.29. The van der Waals surface area contributed by atoms with Gasteiger partial charge in [0.25, 0.3) is 0 Å². The van der Waals surface area contributed by atoms with E-state index in [4.69, 9.17) is 4.74 Å². The highest BCUT2D eigenvalue weighted by Gasteiger charge is 2.50. The number of aliphatic imine (C=N–C) groups is 1. The maximum Gasteiger partial charge on any atom is 0.511 e. The van der Waals surface area contributed by atoms with Crippen molar-refractivity contribution in [1.29, 1.82) is 0 Å². The molecule has 172 valence electrons. The van der Waals surface area contributed by atoms with Crippen molar-refractivity contribution in [3.8, 4) is 5.75 Å². The molecule has 1 aromatic rings. The van der Waals surface area contributed by atoms with Gasteiger partial charge in [0.1, 0.15) is 5.75 Å². The Morgan fingerprint density at radius 3 is 2.53 bits per heavy atom. The van der Waals surface area contributed by atoms with Crippen molar-refractivity contribution in [2.75, 3.05) is 33.3 Å². The predicted molar refractivity (Wildman–Crippen MR) is 121 cm³/mol. The quantitative estimate of drug-likeness (QED) is 0.303. The number of piperidine rings is 1. The smallest absolute Gasteiger partial charge is 0.497 e. The van der Waals surface area contributed by atoms with E-state index < -0.39 is 15.5 Å². The normalized spacial score (nSPS) is 16.6. The largest absolute Gasteiger partial charge is 0.511 e. The zero-order valence-corrected chi connectivity index (χ0v) is 20.1. The molecule has 2 N–H and O–H groups in total. The first-order valence-electron chi connectivity index (χ1n) is 9.41. The molecule has 7 nitrogen and oxygen atoms in total. The lowest BCUT2D eigenvalue weighted by atomic mass is 10.1. The second-order valence-corrected chi connectivity index (χ2v) is 8.56. The third kappa shape index (κ3) is 7.45. The molecule has 12 heteroatoms. The van der Waals surface area contributed by atoms with Crippen molar-refractivity contribution in [3.63, 3.8) is 0 Å². The van der Waals surface area contributed by atoms with Crippen LogP contribution in [0.4, 0.5) is 13.2 Å². The van der Waals surface area contributed by atoms with E-state index in [2.05, 4.69) is 15.6 Å². The van der Waals surface area contributed by atoms with Crippen LogP contribution in [-0.2, 0) is 16.4 Å². The maximum absolute atomic E-state index is 12.7. The highest BCUT2D eigenvalue weighted by molar-refractivity contribution is 14.0. The molecule has 0 aliphatic carbocycles. The second kappa shape index (κ2) is 11.9. The fourth-order valence-electron chi connectivity index (χ4n) is 3.03. The maximum atomic E-state index is 12.7. The average molecular weight is 564 g/mol. The number of benzene rings is 1. The molecule has 0 atom stereocenters. The van der Waals surface area contributed by atoms with Crippen LogP contribution < -0.4 is 15.4 Å². The number of halogens is 4. The summed E-state index contributed by atoms with van der Waals surface area (Å²) in [6.07, 6.45) is 1.25. The van der Waals surface area contributed by atoms with Gasteiger partial charge in [0.2, 0.25) is 0 Å². The van der Waals surface area contributed by atoms with Gasteiger partial charge in [-0.15, -0.1) is 24.0 Å². The number of nitrogens with one attached hydrogen (secondary N) is 2. The van der Waals surface area contributed by atoms with Gasteiger partial charge in [-0.1, -0.05) is 12.1 Å². The Morgan fingerprint density at radius 2 is 1.97 bits per heavy atom. The minimum atomic E-state index is -5.26. The summed E-state index contributed by atoms with van der Waals surface area (Å²) < 4.78 is 66.7. The molecule has 1 aliphatic rings. The molecule has 0 aromatic heterocycles. The van der Waals surface area contributed by atoms with Crippen LogP contribution in [0.5, 0.6) is 5.75 Å². The number of hydrogen-bond acceptors (Lipinski definition) is 4. The molecule has 1 saturated heterocycles. The van der Waals surface area contributed by atoms with Crippen molar-refractivity contribution in [3.05, 3.63) is 29.8 Å². The molecule has 0 bridgehead atoms. The van der Waals surface area contributed by atoms with E-state index in [0.29, 0.717) is 29.8 Å². The average Bonchev–Trinajstić information content (AvgIpc) is 2.68. The summed E-state index contributed by atoms with van der Waals surface area (Å²) in [5.41, 5.74) is -4.18. The number of alkyl halides is 3. The standard InChI is InChI=1S/C18H27F3N4O3S.HI/c1-3-22-17(23-10-7-14-5-4-6-16(13-14)28-2)24-15-8-11-25(12-9-15)29(26,27)18(19,20)21;/h4-6,13,15H,3,7-12H2,1-2H3,(H2,22,23,24);1H. The van der Waals surface area contributed by atoms with Gasteiger partial charge in [-0.3, -0.25) is 4.99 Å². The third-order valence-corrected chi connectivity index (χ3v) is 6.21. The molecule has 0 saturated carbocycles. The number of hydrogen-bond donors (Lipinski definition) is 2. The van der Waals surface area contributed by atoms with E-state index in [-0.39, 0.29) is 55.9 Å². The summed E-state index contributed by atoms with van der Waals surface area (Å²) in [4.78, 5) is 4.51. The third-order valence-electron chi connectivity index (χ3n) is 4.58. The fraction of sp³-hybridized carbons (Fsp3) is 0.611. The van der Waals surface area contributed by atoms with Gasteiger partial charge >= 0.3 is 15.5 Å². The first-order valence-corrected chi connectivity index (χ1v) is 10.9. The first-order chi connectivity index (χ1) is 13.7. The molecule has 1 aliphatic heterocycles. The molecule has 1 fully saturated rings. The van der Waals surface area contributed by atoms with Crippen LogP contribution in [0.1, 0.15) is 25.3 Å². The number of nitrogens with zero attached hydrogens (tertiary/aromatic N) is 2. The van der Waals surface area contributed by atoms with Crippen molar-refractivity contribution >= 4 is 40.0 Å². The van der Waals surface area contributed by atoms with E-state index in [1.807, 2.05) is 31.2 Å². The lowest BCUT2D eigenvalue weighted by molar-refractivity contribution is -0.0494. The topological polar surface area (TPSA) is 83.0 Å². The minimum Gasteiger partial charge on any atom is -0.497 e. The minimum absolute atomic E-state index is 0. The Balaban J connectivity index is 0.00000450. The van der Waals surface area contributed by atoms with Gasteiger partial charge in [-0.2, -0.15) is 17.5 Å². The highest BCUT2D eigenvalue weighted by atomic mass is 127. The van der Waals surface area contributed by atoms with Crippen LogP contribution >= 0.6 is 24.0 Å². The van der Waals surface area contributed by atoms with Gasteiger partial charge in [0.05, 0.1) is 7.11 Å². The molecule has 0 spiro atoms. The summed E-state index contributed by atoms with van der Waals surface area (Å²) in [5.74, 6) is 1.34. The summed E-state index contributed by atoms with van der Waals surface area (Å²) >= 11 is 0. The fourth-order valence-corrected chi connectivity index (χ4v) is 4.01. The molecule has 0 radical (unpaired) electrons. The molecule has 2 rings (SSSR count). The van der Waals surface area contributed by atoms with Crippen molar-refractivity contribution in [2.45, 2.75) is 37.7 Å². The van der Waals surface area contributed by atoms with Crippen LogP contribution in [0.15, 0.2) is 29.3 Å². The first kappa shape index (κ1) is 26.8. The van der Waals surface area contributed by atoms with E-state index >= 15 is 0 Å². The Hall–Kier alpha value is -1.28. The monoisotopic (exact) mass is 564 g/mol. The Bertz CT molecular complexity index is 798. The van der Waals surface area contributed by atoms with E-state index in [9.17, 15) is 21.6 Å². The lowest BCUT2D eigenvalue weighted by Gasteiger charge is -2.32. The lowest BCUT2D eigenvalue weighted by Crippen LogP contribution is -2.51. The van der Waals surface area contributed by atoms with Crippen LogP contribution in [0.3, 0.4) is 0 Å². The van der Waals surface area contributed by atoms with E-state index in [1.165, 1.54) is 0 Å². The van der Waals surface area contributed by atoms with Crippen LogP contribution in [0, 0.1) is 0 Å². The second-order valence-electron chi connectivity index (χ2n) is 6.63.